The molecule has 1 amide bonds. The van der Waals surface area contributed by atoms with Crippen LogP contribution in [0, 0.1) is 0 Å². The summed E-state index contributed by atoms with van der Waals surface area (Å²) in [4.78, 5) is 21.4. The zero-order chi connectivity index (χ0) is 19.0. The number of aromatic nitrogens is 4. The third-order valence-corrected chi connectivity index (χ3v) is 5.06. The Labute approximate surface area is 165 Å². The van der Waals surface area contributed by atoms with Gasteiger partial charge < -0.3 is 10.6 Å². The summed E-state index contributed by atoms with van der Waals surface area (Å²) in [6, 6.07) is 10.00. The Bertz CT molecular complexity index is 1050. The van der Waals surface area contributed by atoms with E-state index >= 15 is 0 Å². The highest BCUT2D eigenvalue weighted by atomic mass is 35.5. The van der Waals surface area contributed by atoms with Crippen molar-refractivity contribution in [3.8, 4) is 0 Å². The minimum Gasteiger partial charge on any atom is -0.328 e. The van der Waals surface area contributed by atoms with Crippen LogP contribution in [0.2, 0.25) is 10.0 Å². The molecule has 7 nitrogen and oxygen atoms in total. The topological polar surface area (TPSA) is 84.7 Å². The summed E-state index contributed by atoms with van der Waals surface area (Å²) in [5, 5.41) is 11.0. The Hall–Kier alpha value is -2.90. The van der Waals surface area contributed by atoms with E-state index in [0.717, 1.165) is 0 Å². The largest absolute Gasteiger partial charge is 0.328 e. The van der Waals surface area contributed by atoms with E-state index in [4.69, 9.17) is 23.2 Å². The second-order valence-corrected chi connectivity index (χ2v) is 6.69. The third kappa shape index (κ3) is 3.15. The first kappa shape index (κ1) is 17.5. The fraction of sp³-hybridized carbons (Fsp3) is 0.111. The molecule has 1 aliphatic rings. The number of amides is 1. The predicted octanol–water partition coefficient (Wildman–Crippen LogP) is 3.91. The van der Waals surface area contributed by atoms with Crippen LogP contribution in [-0.2, 0) is 4.79 Å². The van der Waals surface area contributed by atoms with Crippen molar-refractivity contribution in [3.63, 3.8) is 0 Å². The lowest BCUT2D eigenvalue weighted by atomic mass is 9.95. The van der Waals surface area contributed by atoms with Crippen molar-refractivity contribution < 1.29 is 4.79 Å². The highest BCUT2D eigenvalue weighted by molar-refractivity contribution is 6.42. The highest BCUT2D eigenvalue weighted by Gasteiger charge is 2.35. The summed E-state index contributed by atoms with van der Waals surface area (Å²) < 4.78 is 1.61. The lowest BCUT2D eigenvalue weighted by Gasteiger charge is -2.29. The summed E-state index contributed by atoms with van der Waals surface area (Å²) in [5.41, 5.74) is 1.75. The van der Waals surface area contributed by atoms with Crippen molar-refractivity contribution in [1.82, 2.24) is 19.7 Å². The van der Waals surface area contributed by atoms with Gasteiger partial charge in [-0.3, -0.25) is 4.79 Å². The van der Waals surface area contributed by atoms with Crippen molar-refractivity contribution in [1.29, 1.82) is 0 Å². The zero-order valence-electron chi connectivity index (χ0n) is 14.1. The van der Waals surface area contributed by atoms with Crippen molar-refractivity contribution in [2.75, 3.05) is 10.6 Å². The van der Waals surface area contributed by atoms with Gasteiger partial charge in [-0.05, 0) is 25.1 Å². The van der Waals surface area contributed by atoms with E-state index in [9.17, 15) is 4.79 Å². The molecule has 0 unspecified atom stereocenters. The number of carbonyl (C=O) groups excluding carboxylic acids is 1. The molecule has 1 atom stereocenters. The van der Waals surface area contributed by atoms with Gasteiger partial charge in [0.15, 0.2) is 0 Å². The molecule has 2 N–H and O–H groups in total. The molecule has 4 rings (SSSR count). The number of fused-ring (bicyclic) bond motifs is 1. The van der Waals surface area contributed by atoms with Crippen molar-refractivity contribution in [3.05, 3.63) is 75.8 Å². The molecular weight excluding hydrogens is 387 g/mol. The van der Waals surface area contributed by atoms with E-state index in [0.29, 0.717) is 38.6 Å². The molecule has 27 heavy (non-hydrogen) atoms. The SMILES string of the molecule is CC1=C(C(=O)Nc2ccccn2)[C@@H](c2cccc(Cl)c2Cl)n2ncnc2N1. The van der Waals surface area contributed by atoms with Crippen LogP contribution >= 0.6 is 23.2 Å². The van der Waals surface area contributed by atoms with Gasteiger partial charge in [-0.15, -0.1) is 0 Å². The van der Waals surface area contributed by atoms with Crippen LogP contribution in [0.3, 0.4) is 0 Å². The minimum atomic E-state index is -0.585. The molecule has 136 valence electrons. The molecule has 3 aromatic rings. The highest BCUT2D eigenvalue weighted by Crippen LogP contribution is 2.40. The summed E-state index contributed by atoms with van der Waals surface area (Å²) in [7, 11) is 0. The fourth-order valence-electron chi connectivity index (χ4n) is 3.02. The second kappa shape index (κ2) is 7.02. The van der Waals surface area contributed by atoms with E-state index in [2.05, 4.69) is 25.7 Å². The Morgan fingerprint density at radius 3 is 2.81 bits per heavy atom. The first-order valence-corrected chi connectivity index (χ1v) is 8.85. The number of hydrogen-bond donors (Lipinski definition) is 2. The van der Waals surface area contributed by atoms with Crippen molar-refractivity contribution in [2.24, 2.45) is 0 Å². The van der Waals surface area contributed by atoms with E-state index in [1.165, 1.54) is 6.33 Å². The van der Waals surface area contributed by atoms with Gasteiger partial charge in [0.05, 0.1) is 15.6 Å². The van der Waals surface area contributed by atoms with Gasteiger partial charge in [0.25, 0.3) is 5.91 Å². The number of halogens is 2. The van der Waals surface area contributed by atoms with E-state index in [1.807, 2.05) is 6.07 Å². The average molecular weight is 401 g/mol. The summed E-state index contributed by atoms with van der Waals surface area (Å²) in [6.07, 6.45) is 3.03. The summed E-state index contributed by atoms with van der Waals surface area (Å²) in [6.45, 7) is 1.80. The van der Waals surface area contributed by atoms with Crippen LogP contribution in [0.1, 0.15) is 18.5 Å². The lowest BCUT2D eigenvalue weighted by molar-refractivity contribution is -0.113. The van der Waals surface area contributed by atoms with E-state index in [-0.39, 0.29) is 5.91 Å². The van der Waals surface area contributed by atoms with E-state index < -0.39 is 6.04 Å². The van der Waals surface area contributed by atoms with Gasteiger partial charge in [0.2, 0.25) is 5.95 Å². The Morgan fingerprint density at radius 1 is 1.19 bits per heavy atom. The van der Waals surface area contributed by atoms with Crippen LogP contribution in [0.4, 0.5) is 11.8 Å². The molecule has 2 aromatic heterocycles. The molecule has 1 aromatic carbocycles. The molecule has 0 aliphatic carbocycles. The molecule has 3 heterocycles. The van der Waals surface area contributed by atoms with Crippen LogP contribution in [0.15, 0.2) is 60.2 Å². The fourth-order valence-corrected chi connectivity index (χ4v) is 3.44. The van der Waals surface area contributed by atoms with Gasteiger partial charge in [0, 0.05) is 17.5 Å². The number of rotatable bonds is 3. The minimum absolute atomic E-state index is 0.319. The van der Waals surface area contributed by atoms with Gasteiger partial charge in [-0.1, -0.05) is 41.4 Å². The molecule has 0 fully saturated rings. The number of allylic oxidation sites excluding steroid dienone is 1. The summed E-state index contributed by atoms with van der Waals surface area (Å²) >= 11 is 12.7. The van der Waals surface area contributed by atoms with Crippen LogP contribution in [0.25, 0.3) is 0 Å². The number of nitrogens with zero attached hydrogens (tertiary/aromatic N) is 4. The predicted molar refractivity (Wildman–Crippen MR) is 104 cm³/mol. The number of nitrogens with one attached hydrogen (secondary N) is 2. The van der Waals surface area contributed by atoms with Crippen molar-refractivity contribution >= 4 is 40.9 Å². The smallest absolute Gasteiger partial charge is 0.257 e. The van der Waals surface area contributed by atoms with Crippen LogP contribution < -0.4 is 10.6 Å². The molecular formula is C18H14Cl2N6O. The molecule has 0 saturated heterocycles. The average Bonchev–Trinajstić information content (AvgIpc) is 3.12. The van der Waals surface area contributed by atoms with Gasteiger partial charge in [-0.2, -0.15) is 10.1 Å². The normalized spacial score (nSPS) is 15.9. The molecule has 0 radical (unpaired) electrons. The van der Waals surface area contributed by atoms with Crippen LogP contribution in [0.5, 0.6) is 0 Å². The number of anilines is 2. The molecule has 9 heteroatoms. The Balaban J connectivity index is 1.82. The second-order valence-electron chi connectivity index (χ2n) is 5.91. The zero-order valence-corrected chi connectivity index (χ0v) is 15.7. The number of carbonyl (C=O) groups is 1. The third-order valence-electron chi connectivity index (χ3n) is 4.22. The monoisotopic (exact) mass is 400 g/mol. The number of benzene rings is 1. The Kier molecular flexibility index (Phi) is 4.55. The van der Waals surface area contributed by atoms with Gasteiger partial charge >= 0.3 is 0 Å². The molecule has 0 saturated carbocycles. The first-order chi connectivity index (χ1) is 13.1. The maximum Gasteiger partial charge on any atom is 0.257 e. The maximum absolute atomic E-state index is 13.1. The molecule has 0 bridgehead atoms. The lowest BCUT2D eigenvalue weighted by Crippen LogP contribution is -2.31. The summed E-state index contributed by atoms with van der Waals surface area (Å²) in [5.74, 6) is 0.645. The van der Waals surface area contributed by atoms with Crippen molar-refractivity contribution in [2.45, 2.75) is 13.0 Å². The molecule has 1 aliphatic heterocycles. The maximum atomic E-state index is 13.1. The standard InChI is InChI=1S/C18H14Cl2N6O/c1-10-14(17(27)25-13-7-2-3-8-21-13)16(26-18(24-10)22-9-23-26)11-5-4-6-12(19)15(11)20/h2-9,16H,1H3,(H,21,25,27)(H,22,23,24)/t16-/m1/s1. The van der Waals surface area contributed by atoms with E-state index in [1.54, 1.807) is 48.1 Å². The number of hydrogen-bond acceptors (Lipinski definition) is 5. The molecule has 0 spiro atoms. The van der Waals surface area contributed by atoms with Gasteiger partial charge in [0.1, 0.15) is 18.2 Å². The quantitative estimate of drug-likeness (QED) is 0.695. The Morgan fingerprint density at radius 2 is 2.04 bits per heavy atom. The van der Waals surface area contributed by atoms with Gasteiger partial charge in [-0.25, -0.2) is 9.67 Å². The number of pyridine rings is 1. The van der Waals surface area contributed by atoms with Crippen LogP contribution in [-0.4, -0.2) is 25.7 Å². The first-order valence-electron chi connectivity index (χ1n) is 8.10.